The quantitative estimate of drug-likeness (QED) is 0.176. The van der Waals surface area contributed by atoms with Crippen LogP contribution in [0.3, 0.4) is 0 Å². The number of nitrogens with zero attached hydrogens (tertiary/aromatic N) is 1. The van der Waals surface area contributed by atoms with E-state index in [1.165, 1.54) is 27.4 Å². The third kappa shape index (κ3) is 5.92. The summed E-state index contributed by atoms with van der Waals surface area (Å²) in [5, 5.41) is 6.23. The minimum absolute atomic E-state index is 0. The summed E-state index contributed by atoms with van der Waals surface area (Å²) >= 11 is 1.76. The molecule has 1 aromatic heterocycles. The molecule has 0 unspecified atom stereocenters. The van der Waals surface area contributed by atoms with Gasteiger partial charge in [0.05, 0.1) is 5.69 Å². The molecular weight excluding hydrogens is 448 g/mol. The van der Waals surface area contributed by atoms with E-state index < -0.39 is 7.92 Å². The summed E-state index contributed by atoms with van der Waals surface area (Å²) in [6, 6.07) is 43.4. The molecule has 0 amide bonds. The van der Waals surface area contributed by atoms with Gasteiger partial charge in [-0.2, -0.15) is 0 Å². The van der Waals surface area contributed by atoms with Gasteiger partial charge in [0.2, 0.25) is 0 Å². The molecule has 4 heteroatoms. The van der Waals surface area contributed by atoms with E-state index in [1.807, 2.05) is 0 Å². The lowest BCUT2D eigenvalue weighted by molar-refractivity contribution is 0.746. The van der Waals surface area contributed by atoms with Gasteiger partial charge in [0.1, 0.15) is 5.01 Å². The average Bonchev–Trinajstić information content (AvgIpc) is 3.39. The summed E-state index contributed by atoms with van der Waals surface area (Å²) in [5.74, 6) is 0.354. The van der Waals surface area contributed by atoms with Gasteiger partial charge in [-0.25, -0.2) is 4.98 Å². The minimum Gasteiger partial charge on any atom is -0.241 e. The first-order valence-corrected chi connectivity index (χ1v) is 13.7. The van der Waals surface area contributed by atoms with Gasteiger partial charge in [0.25, 0.3) is 0 Å². The topological polar surface area (TPSA) is 12.9 Å². The Labute approximate surface area is 209 Å². The van der Waals surface area contributed by atoms with Crippen LogP contribution >= 0.6 is 19.3 Å². The van der Waals surface area contributed by atoms with Crippen LogP contribution in [0, 0.1) is 0 Å². The van der Waals surface area contributed by atoms with Crippen LogP contribution in [0.2, 0.25) is 0 Å². The molecule has 0 aliphatic rings. The van der Waals surface area contributed by atoms with E-state index in [9.17, 15) is 0 Å². The number of hydrogen-bond donors (Lipinski definition) is 0. The van der Waals surface area contributed by atoms with Crippen LogP contribution in [0.5, 0.6) is 0 Å². The van der Waals surface area contributed by atoms with Crippen LogP contribution in [0.15, 0.2) is 127 Å². The van der Waals surface area contributed by atoms with Crippen molar-refractivity contribution in [1.82, 2.24) is 4.98 Å². The first-order chi connectivity index (χ1) is 16.4. The first-order valence-electron chi connectivity index (χ1n) is 11.3. The molecule has 1 heterocycles. The van der Waals surface area contributed by atoms with Gasteiger partial charge in [-0.05, 0) is 36.7 Å². The van der Waals surface area contributed by atoms with Crippen molar-refractivity contribution in [3.63, 3.8) is 0 Å². The summed E-state index contributed by atoms with van der Waals surface area (Å²) < 4.78 is 0. The van der Waals surface area contributed by atoms with Crippen LogP contribution in [0.4, 0.5) is 0 Å². The molecule has 0 aliphatic heterocycles. The molecule has 1 nitrogen and oxygen atoms in total. The van der Waals surface area contributed by atoms with E-state index in [1.54, 1.807) is 11.3 Å². The van der Waals surface area contributed by atoms with E-state index in [4.69, 9.17) is 4.98 Å². The molecule has 0 spiro atoms. The highest BCUT2D eigenvalue weighted by Crippen LogP contribution is 2.41. The second kappa shape index (κ2) is 11.9. The lowest BCUT2D eigenvalue weighted by Crippen LogP contribution is -2.19. The maximum Gasteiger partial charge on any atom is 0.123 e. The molecule has 1 atom stereocenters. The zero-order valence-corrected chi connectivity index (χ0v) is 20.7. The largest absolute Gasteiger partial charge is 0.241 e. The molecule has 4 aromatic carbocycles. The van der Waals surface area contributed by atoms with Crippen LogP contribution < -0.4 is 10.6 Å². The Morgan fingerprint density at radius 3 is 1.71 bits per heavy atom. The lowest BCUT2D eigenvalue weighted by Gasteiger charge is -2.24. The molecule has 165 valence electrons. The van der Waals surface area contributed by atoms with Crippen molar-refractivity contribution < 1.29 is 0 Å². The van der Waals surface area contributed by atoms with E-state index in [-0.39, 0.29) is 8.41 Å². The summed E-state index contributed by atoms with van der Waals surface area (Å²) in [6.07, 6.45) is 2.08. The van der Waals surface area contributed by atoms with Gasteiger partial charge < -0.3 is 0 Å². The molecule has 0 saturated heterocycles. The standard InChI is InChI=1S/C30H26NPS.B/c1-5-13-24(14-6-1)21-26(29-23-33-30(31-29)25-15-7-2-8-16-25)22-32(27-17-9-3-10-18-27)28-19-11-4-12-20-28;/h1-20,23,26H,21-22H2;/t26-;/m0./s1. The second-order valence-corrected chi connectivity index (χ2v) is 11.2. The van der Waals surface area contributed by atoms with Gasteiger partial charge in [0, 0.05) is 25.3 Å². The highest BCUT2D eigenvalue weighted by Gasteiger charge is 2.23. The zero-order chi connectivity index (χ0) is 22.3. The average molecular weight is 474 g/mol. The Bertz CT molecular complexity index is 1220. The van der Waals surface area contributed by atoms with Crippen molar-refractivity contribution in [3.8, 4) is 10.6 Å². The van der Waals surface area contributed by atoms with Crippen molar-refractivity contribution in [2.24, 2.45) is 0 Å². The molecule has 0 bridgehead atoms. The van der Waals surface area contributed by atoms with Gasteiger partial charge in [-0.1, -0.05) is 121 Å². The molecule has 0 saturated carbocycles. The number of thiazole rings is 1. The van der Waals surface area contributed by atoms with Crippen molar-refractivity contribution in [2.75, 3.05) is 6.16 Å². The summed E-state index contributed by atoms with van der Waals surface area (Å²) in [7, 11) is -0.490. The molecular formula is C30H26BNPS. The summed E-state index contributed by atoms with van der Waals surface area (Å²) in [5.41, 5.74) is 3.77. The van der Waals surface area contributed by atoms with Gasteiger partial charge in [-0.15, -0.1) is 11.3 Å². The fraction of sp³-hybridized carbons (Fsp3) is 0.100. The van der Waals surface area contributed by atoms with Crippen molar-refractivity contribution in [3.05, 3.63) is 138 Å². The van der Waals surface area contributed by atoms with Crippen LogP contribution in [0.1, 0.15) is 17.2 Å². The Morgan fingerprint density at radius 1 is 0.647 bits per heavy atom. The Kier molecular flexibility index (Phi) is 8.47. The normalized spacial score (nSPS) is 11.7. The van der Waals surface area contributed by atoms with Crippen molar-refractivity contribution >= 4 is 38.3 Å². The third-order valence-corrected chi connectivity index (χ3v) is 9.38. The molecule has 0 N–H and O–H groups in total. The van der Waals surface area contributed by atoms with E-state index in [2.05, 4.69) is 127 Å². The third-order valence-electron chi connectivity index (χ3n) is 5.82. The van der Waals surface area contributed by atoms with E-state index in [0.717, 1.165) is 17.6 Å². The lowest BCUT2D eigenvalue weighted by atomic mass is 9.98. The predicted octanol–water partition coefficient (Wildman–Crippen LogP) is 6.89. The maximum atomic E-state index is 5.15. The minimum atomic E-state index is -0.490. The van der Waals surface area contributed by atoms with Gasteiger partial charge in [0.15, 0.2) is 0 Å². The summed E-state index contributed by atoms with van der Waals surface area (Å²) in [4.78, 5) is 5.15. The SMILES string of the molecule is [B].c1ccc(C[C@@H](CP(c2ccccc2)c2ccccc2)c2csc(-c3ccccc3)n2)cc1. The molecule has 3 radical (unpaired) electrons. The highest BCUT2D eigenvalue weighted by atomic mass is 32.1. The number of rotatable bonds is 8. The van der Waals surface area contributed by atoms with Crippen LogP contribution in [0.25, 0.3) is 10.6 Å². The maximum absolute atomic E-state index is 5.15. The number of hydrogen-bond acceptors (Lipinski definition) is 2. The molecule has 5 rings (SSSR count). The van der Waals surface area contributed by atoms with Gasteiger partial charge >= 0.3 is 0 Å². The van der Waals surface area contributed by atoms with Crippen LogP contribution in [-0.2, 0) is 6.42 Å². The Hall–Kier alpha value is -3.00. The second-order valence-electron chi connectivity index (χ2n) is 8.11. The number of aromatic nitrogens is 1. The molecule has 34 heavy (non-hydrogen) atoms. The van der Waals surface area contributed by atoms with Crippen molar-refractivity contribution in [2.45, 2.75) is 12.3 Å². The van der Waals surface area contributed by atoms with Gasteiger partial charge in [-0.3, -0.25) is 0 Å². The Morgan fingerprint density at radius 2 is 1.15 bits per heavy atom. The molecule has 0 aliphatic carbocycles. The number of benzene rings is 4. The van der Waals surface area contributed by atoms with E-state index >= 15 is 0 Å². The zero-order valence-electron chi connectivity index (χ0n) is 19.0. The fourth-order valence-electron chi connectivity index (χ4n) is 4.14. The molecule has 0 fully saturated rings. The smallest absolute Gasteiger partial charge is 0.123 e. The monoisotopic (exact) mass is 474 g/mol. The van der Waals surface area contributed by atoms with E-state index in [0.29, 0.717) is 5.92 Å². The molecule has 5 aromatic rings. The summed E-state index contributed by atoms with van der Waals surface area (Å²) in [6.45, 7) is 0. The van der Waals surface area contributed by atoms with Crippen molar-refractivity contribution in [1.29, 1.82) is 0 Å². The first kappa shape index (κ1) is 24.1. The predicted molar refractivity (Wildman–Crippen MR) is 150 cm³/mol. The fourth-order valence-corrected chi connectivity index (χ4v) is 7.59. The highest BCUT2D eigenvalue weighted by molar-refractivity contribution is 7.73. The van der Waals surface area contributed by atoms with Crippen LogP contribution in [-0.4, -0.2) is 19.6 Å². The Balaban J connectivity index is 0.00000274.